The molecular formula is C13H19N3O2. The van der Waals surface area contributed by atoms with E-state index >= 15 is 0 Å². The van der Waals surface area contributed by atoms with Crippen molar-refractivity contribution in [2.24, 2.45) is 0 Å². The first-order chi connectivity index (χ1) is 8.92. The predicted molar refractivity (Wildman–Crippen MR) is 69.2 cm³/mol. The second kappa shape index (κ2) is 5.54. The van der Waals surface area contributed by atoms with Crippen LogP contribution in [0.3, 0.4) is 0 Å². The molecule has 2 fully saturated rings. The van der Waals surface area contributed by atoms with Crippen molar-refractivity contribution in [3.05, 3.63) is 18.5 Å². The zero-order valence-corrected chi connectivity index (χ0v) is 10.5. The van der Waals surface area contributed by atoms with Gasteiger partial charge in [-0.3, -0.25) is 4.98 Å². The number of nitrogens with one attached hydrogen (secondary N) is 1. The molecule has 2 saturated heterocycles. The molecule has 1 aromatic heterocycles. The lowest BCUT2D eigenvalue weighted by Gasteiger charge is -2.29. The normalized spacial score (nSPS) is 24.2. The Labute approximate surface area is 107 Å². The molecule has 3 heterocycles. The largest absolute Gasteiger partial charge is 0.486 e. The summed E-state index contributed by atoms with van der Waals surface area (Å²) in [6, 6.07) is 2.08. The number of nitrogens with zero attached hydrogens (tertiary/aromatic N) is 2. The zero-order chi connectivity index (χ0) is 12.2. The smallest absolute Gasteiger partial charge is 0.140 e. The molecule has 1 unspecified atom stereocenters. The first-order valence-electron chi connectivity index (χ1n) is 6.57. The van der Waals surface area contributed by atoms with E-state index in [0.717, 1.165) is 50.6 Å². The van der Waals surface area contributed by atoms with Crippen molar-refractivity contribution in [1.29, 1.82) is 0 Å². The van der Waals surface area contributed by atoms with Gasteiger partial charge in [0.05, 0.1) is 31.3 Å². The Morgan fingerprint density at radius 1 is 1.33 bits per heavy atom. The molecule has 0 spiro atoms. The summed E-state index contributed by atoms with van der Waals surface area (Å²) in [6.45, 7) is 5.60. The minimum atomic E-state index is 0.185. The highest BCUT2D eigenvalue weighted by Gasteiger charge is 2.18. The van der Waals surface area contributed by atoms with Crippen molar-refractivity contribution in [3.63, 3.8) is 0 Å². The van der Waals surface area contributed by atoms with Crippen LogP contribution in [-0.4, -0.2) is 50.5 Å². The quantitative estimate of drug-likeness (QED) is 0.852. The van der Waals surface area contributed by atoms with Crippen LogP contribution in [0.4, 0.5) is 5.69 Å². The van der Waals surface area contributed by atoms with Crippen molar-refractivity contribution >= 4 is 5.69 Å². The van der Waals surface area contributed by atoms with E-state index in [2.05, 4.69) is 21.3 Å². The third-order valence-electron chi connectivity index (χ3n) is 3.37. The maximum Gasteiger partial charge on any atom is 0.140 e. The molecule has 0 saturated carbocycles. The van der Waals surface area contributed by atoms with Gasteiger partial charge in [-0.25, -0.2) is 0 Å². The molecular weight excluding hydrogens is 230 g/mol. The first kappa shape index (κ1) is 11.7. The number of piperazine rings is 1. The Morgan fingerprint density at radius 2 is 2.22 bits per heavy atom. The van der Waals surface area contributed by atoms with E-state index < -0.39 is 0 Å². The van der Waals surface area contributed by atoms with Gasteiger partial charge >= 0.3 is 0 Å². The van der Waals surface area contributed by atoms with Gasteiger partial charge in [0.1, 0.15) is 11.9 Å². The molecule has 0 aliphatic carbocycles. The lowest BCUT2D eigenvalue weighted by molar-refractivity contribution is 0.141. The number of hydrogen-bond acceptors (Lipinski definition) is 5. The van der Waals surface area contributed by atoms with Gasteiger partial charge in [-0.2, -0.15) is 0 Å². The molecule has 3 rings (SSSR count). The zero-order valence-electron chi connectivity index (χ0n) is 10.5. The average Bonchev–Trinajstić information content (AvgIpc) is 2.93. The van der Waals surface area contributed by atoms with Crippen LogP contribution >= 0.6 is 0 Å². The summed E-state index contributed by atoms with van der Waals surface area (Å²) in [5, 5.41) is 3.35. The van der Waals surface area contributed by atoms with Gasteiger partial charge < -0.3 is 19.7 Å². The van der Waals surface area contributed by atoms with Gasteiger partial charge in [0, 0.05) is 38.7 Å². The molecule has 0 aromatic carbocycles. The van der Waals surface area contributed by atoms with Gasteiger partial charge in [0.25, 0.3) is 0 Å². The summed E-state index contributed by atoms with van der Waals surface area (Å²) < 4.78 is 11.2. The van der Waals surface area contributed by atoms with Crippen molar-refractivity contribution in [3.8, 4) is 5.75 Å². The second-order valence-electron chi connectivity index (χ2n) is 4.72. The number of pyridine rings is 1. The Kier molecular flexibility index (Phi) is 3.61. The van der Waals surface area contributed by atoms with E-state index in [1.54, 1.807) is 6.20 Å². The maximum absolute atomic E-state index is 5.88. The third kappa shape index (κ3) is 2.73. The average molecular weight is 249 g/mol. The molecule has 2 aliphatic rings. The van der Waals surface area contributed by atoms with Crippen LogP contribution in [0.5, 0.6) is 5.75 Å². The van der Waals surface area contributed by atoms with E-state index in [1.165, 1.54) is 0 Å². The third-order valence-corrected chi connectivity index (χ3v) is 3.37. The maximum atomic E-state index is 5.88. The van der Waals surface area contributed by atoms with E-state index in [-0.39, 0.29) is 6.10 Å². The summed E-state index contributed by atoms with van der Waals surface area (Å²) in [5.74, 6) is 0.849. The first-order valence-corrected chi connectivity index (χ1v) is 6.57. The number of hydrogen-bond donors (Lipinski definition) is 1. The van der Waals surface area contributed by atoms with Crippen LogP contribution in [0.1, 0.15) is 6.42 Å². The van der Waals surface area contributed by atoms with Gasteiger partial charge in [0.15, 0.2) is 0 Å². The molecule has 5 nitrogen and oxygen atoms in total. The van der Waals surface area contributed by atoms with Crippen LogP contribution < -0.4 is 15.0 Å². The monoisotopic (exact) mass is 249 g/mol. The number of anilines is 1. The number of rotatable bonds is 3. The summed E-state index contributed by atoms with van der Waals surface area (Å²) >= 11 is 0. The molecule has 1 N–H and O–H groups in total. The van der Waals surface area contributed by atoms with Crippen LogP contribution in [-0.2, 0) is 4.74 Å². The Hall–Kier alpha value is -1.33. The van der Waals surface area contributed by atoms with Crippen molar-refractivity contribution in [2.75, 3.05) is 44.3 Å². The highest BCUT2D eigenvalue weighted by molar-refractivity contribution is 5.48. The van der Waals surface area contributed by atoms with E-state index in [1.807, 2.05) is 6.20 Å². The number of ether oxygens (including phenoxy) is 2. The summed E-state index contributed by atoms with van der Waals surface area (Å²) in [5.41, 5.74) is 1.15. The fraction of sp³-hybridized carbons (Fsp3) is 0.615. The van der Waals surface area contributed by atoms with Crippen LogP contribution in [0.25, 0.3) is 0 Å². The minimum absolute atomic E-state index is 0.185. The van der Waals surface area contributed by atoms with E-state index in [4.69, 9.17) is 9.47 Å². The Balaban J connectivity index is 1.67. The fourth-order valence-electron chi connectivity index (χ4n) is 2.37. The predicted octanol–water partition coefficient (Wildman–Crippen LogP) is 0.659. The second-order valence-corrected chi connectivity index (χ2v) is 4.72. The van der Waals surface area contributed by atoms with Gasteiger partial charge in [-0.05, 0) is 0 Å². The Bertz CT molecular complexity index is 388. The molecule has 2 aliphatic heterocycles. The lowest BCUT2D eigenvalue weighted by Crippen LogP contribution is -2.43. The molecule has 0 radical (unpaired) electrons. The summed E-state index contributed by atoms with van der Waals surface area (Å²) in [7, 11) is 0. The molecule has 0 amide bonds. The number of aromatic nitrogens is 1. The summed E-state index contributed by atoms with van der Waals surface area (Å²) in [4.78, 5) is 6.61. The van der Waals surface area contributed by atoms with Crippen molar-refractivity contribution in [1.82, 2.24) is 10.3 Å². The van der Waals surface area contributed by atoms with Gasteiger partial charge in [0.2, 0.25) is 0 Å². The van der Waals surface area contributed by atoms with Crippen LogP contribution in [0.15, 0.2) is 18.5 Å². The molecule has 18 heavy (non-hydrogen) atoms. The molecule has 1 atom stereocenters. The molecule has 5 heteroatoms. The van der Waals surface area contributed by atoms with E-state index in [9.17, 15) is 0 Å². The molecule has 0 bridgehead atoms. The van der Waals surface area contributed by atoms with Gasteiger partial charge in [-0.15, -0.1) is 0 Å². The van der Waals surface area contributed by atoms with Crippen LogP contribution in [0.2, 0.25) is 0 Å². The van der Waals surface area contributed by atoms with Crippen LogP contribution in [0, 0.1) is 0 Å². The fourth-order valence-corrected chi connectivity index (χ4v) is 2.37. The standard InChI is InChI=1S/C13H19N3O2/c1-6-17-10-12(1)18-13-7-11(8-15-9-13)16-4-2-14-3-5-16/h7-9,12,14H,1-6,10H2. The van der Waals surface area contributed by atoms with Crippen molar-refractivity contribution in [2.45, 2.75) is 12.5 Å². The van der Waals surface area contributed by atoms with E-state index in [0.29, 0.717) is 6.61 Å². The van der Waals surface area contributed by atoms with Crippen molar-refractivity contribution < 1.29 is 9.47 Å². The Morgan fingerprint density at radius 3 is 3.00 bits per heavy atom. The highest BCUT2D eigenvalue weighted by atomic mass is 16.5. The lowest BCUT2D eigenvalue weighted by atomic mass is 10.3. The highest BCUT2D eigenvalue weighted by Crippen LogP contribution is 2.22. The summed E-state index contributed by atoms with van der Waals surface area (Å²) in [6.07, 6.45) is 4.84. The minimum Gasteiger partial charge on any atom is -0.486 e. The SMILES string of the molecule is c1ncc(N2CCNCC2)cc1OC1CCOC1. The molecule has 98 valence electrons. The van der Waals surface area contributed by atoms with Gasteiger partial charge in [-0.1, -0.05) is 0 Å². The topological polar surface area (TPSA) is 46.6 Å². The molecule has 1 aromatic rings.